The van der Waals surface area contributed by atoms with Crippen LogP contribution in [0.1, 0.15) is 52.7 Å². The first kappa shape index (κ1) is 17.6. The number of fused-ring (bicyclic) bond motifs is 3. The summed E-state index contributed by atoms with van der Waals surface area (Å²) >= 11 is 1.60. The summed E-state index contributed by atoms with van der Waals surface area (Å²) < 4.78 is 6.25. The zero-order valence-electron chi connectivity index (χ0n) is 15.8. The summed E-state index contributed by atoms with van der Waals surface area (Å²) in [6, 6.07) is 1.91. The van der Waals surface area contributed by atoms with Gasteiger partial charge in [-0.25, -0.2) is 0 Å². The predicted octanol–water partition coefficient (Wildman–Crippen LogP) is 1.73. The fourth-order valence-corrected chi connectivity index (χ4v) is 6.57. The van der Waals surface area contributed by atoms with E-state index in [9.17, 15) is 9.59 Å². The molecule has 146 valence electrons. The molecule has 4 aliphatic heterocycles. The van der Waals surface area contributed by atoms with Gasteiger partial charge >= 0.3 is 0 Å². The molecule has 1 N–H and O–H groups in total. The third kappa shape index (κ3) is 2.74. The lowest BCUT2D eigenvalue weighted by molar-refractivity contribution is -0.141. The Morgan fingerprint density at radius 1 is 1.37 bits per heavy atom. The molecule has 3 fully saturated rings. The van der Waals surface area contributed by atoms with E-state index < -0.39 is 0 Å². The van der Waals surface area contributed by atoms with Gasteiger partial charge in [0.2, 0.25) is 5.91 Å². The van der Waals surface area contributed by atoms with Crippen molar-refractivity contribution in [2.45, 2.75) is 56.7 Å². The number of rotatable bonds is 1. The van der Waals surface area contributed by atoms with Crippen molar-refractivity contribution in [3.05, 3.63) is 21.4 Å². The van der Waals surface area contributed by atoms with Crippen molar-refractivity contribution in [2.75, 3.05) is 32.8 Å². The molecule has 2 atom stereocenters. The molecule has 4 aliphatic rings. The second-order valence-electron chi connectivity index (χ2n) is 8.27. The average Bonchev–Trinajstić information content (AvgIpc) is 3.33. The van der Waals surface area contributed by atoms with E-state index >= 15 is 0 Å². The Kier molecular flexibility index (Phi) is 4.29. The molecule has 1 aromatic rings. The van der Waals surface area contributed by atoms with Crippen LogP contribution in [-0.2, 0) is 21.6 Å². The minimum atomic E-state index is -0.366. The standard InChI is InChI=1S/C20H27N3O3S/c1-13-18(24)22-9-2-3-15(22)12-23(13)19(25)16-11-14-4-10-26-20(17(14)27-16)5-7-21-8-6-20/h11,13,15,21H,2-10,12H2,1H3/t13-,15+/m0/s1. The van der Waals surface area contributed by atoms with Crippen LogP contribution in [-0.4, -0.2) is 66.5 Å². The van der Waals surface area contributed by atoms with Crippen LogP contribution in [0.2, 0.25) is 0 Å². The van der Waals surface area contributed by atoms with E-state index in [2.05, 4.69) is 11.4 Å². The molecule has 3 saturated heterocycles. The van der Waals surface area contributed by atoms with Gasteiger partial charge < -0.3 is 19.9 Å². The lowest BCUT2D eigenvalue weighted by atomic mass is 9.86. The van der Waals surface area contributed by atoms with E-state index in [1.54, 1.807) is 11.3 Å². The quantitative estimate of drug-likeness (QED) is 0.795. The Balaban J connectivity index is 1.44. The van der Waals surface area contributed by atoms with Gasteiger partial charge in [-0.2, -0.15) is 0 Å². The fourth-order valence-electron chi connectivity index (χ4n) is 5.20. The molecule has 5 rings (SSSR count). The van der Waals surface area contributed by atoms with E-state index in [4.69, 9.17) is 4.74 Å². The van der Waals surface area contributed by atoms with Gasteiger partial charge in [-0.3, -0.25) is 9.59 Å². The van der Waals surface area contributed by atoms with Crippen LogP contribution in [0, 0.1) is 0 Å². The van der Waals surface area contributed by atoms with E-state index in [-0.39, 0.29) is 29.5 Å². The van der Waals surface area contributed by atoms with Gasteiger partial charge in [0.25, 0.3) is 5.91 Å². The SMILES string of the molecule is C[C@H]1C(=O)N2CCC[C@@H]2CN1C(=O)c1cc2c(s1)C1(CCNCC1)OCC2. The van der Waals surface area contributed by atoms with E-state index in [0.29, 0.717) is 6.54 Å². The van der Waals surface area contributed by atoms with Crippen molar-refractivity contribution < 1.29 is 14.3 Å². The number of piperidine rings is 1. The molecular weight excluding hydrogens is 362 g/mol. The minimum absolute atomic E-state index is 0.0193. The summed E-state index contributed by atoms with van der Waals surface area (Å²) in [7, 11) is 0. The number of nitrogens with zero attached hydrogens (tertiary/aromatic N) is 2. The van der Waals surface area contributed by atoms with Gasteiger partial charge in [0, 0.05) is 24.0 Å². The van der Waals surface area contributed by atoms with Crippen LogP contribution in [0.15, 0.2) is 6.07 Å². The molecule has 0 radical (unpaired) electrons. The Bertz CT molecular complexity index is 771. The Labute approximate surface area is 163 Å². The largest absolute Gasteiger partial charge is 0.369 e. The summed E-state index contributed by atoms with van der Waals surface area (Å²) in [5.74, 6) is 0.127. The number of nitrogens with one attached hydrogen (secondary N) is 1. The van der Waals surface area contributed by atoms with Crippen LogP contribution in [0.25, 0.3) is 0 Å². The molecule has 7 heteroatoms. The maximum Gasteiger partial charge on any atom is 0.264 e. The zero-order chi connectivity index (χ0) is 18.6. The first-order chi connectivity index (χ1) is 13.1. The molecule has 27 heavy (non-hydrogen) atoms. The normalized spacial score (nSPS) is 29.7. The number of hydrogen-bond donors (Lipinski definition) is 1. The number of hydrogen-bond acceptors (Lipinski definition) is 5. The molecule has 2 amide bonds. The second-order valence-corrected chi connectivity index (χ2v) is 9.32. The summed E-state index contributed by atoms with van der Waals surface area (Å²) in [5, 5.41) is 3.41. The van der Waals surface area contributed by atoms with Gasteiger partial charge in [-0.15, -0.1) is 11.3 Å². The van der Waals surface area contributed by atoms with Gasteiger partial charge in [0.1, 0.15) is 11.6 Å². The minimum Gasteiger partial charge on any atom is -0.369 e. The number of carbonyl (C=O) groups is 2. The lowest BCUT2D eigenvalue weighted by Crippen LogP contribution is -2.60. The van der Waals surface area contributed by atoms with Crippen LogP contribution >= 0.6 is 11.3 Å². The summed E-state index contributed by atoms with van der Waals surface area (Å²) in [6.45, 7) is 6.02. The highest BCUT2D eigenvalue weighted by Gasteiger charge is 2.44. The Hall–Kier alpha value is -1.44. The molecule has 0 saturated carbocycles. The van der Waals surface area contributed by atoms with Crippen LogP contribution in [0.5, 0.6) is 0 Å². The highest BCUT2D eigenvalue weighted by molar-refractivity contribution is 7.14. The van der Waals surface area contributed by atoms with Crippen LogP contribution in [0.3, 0.4) is 0 Å². The topological polar surface area (TPSA) is 61.9 Å². The highest BCUT2D eigenvalue weighted by Crippen LogP contribution is 2.44. The molecule has 1 aromatic heterocycles. The third-order valence-corrected chi connectivity index (χ3v) is 8.10. The third-order valence-electron chi connectivity index (χ3n) is 6.75. The smallest absolute Gasteiger partial charge is 0.264 e. The average molecular weight is 390 g/mol. The van der Waals surface area contributed by atoms with Gasteiger partial charge in [0.15, 0.2) is 0 Å². The van der Waals surface area contributed by atoms with Crippen molar-refractivity contribution >= 4 is 23.2 Å². The van der Waals surface area contributed by atoms with Crippen molar-refractivity contribution in [1.82, 2.24) is 15.1 Å². The molecule has 0 unspecified atom stereocenters. The number of piperazine rings is 1. The van der Waals surface area contributed by atoms with E-state index in [0.717, 1.165) is 63.2 Å². The molecular formula is C20H27N3O3S. The first-order valence-corrected chi connectivity index (χ1v) is 11.0. The number of thiophene rings is 1. The Morgan fingerprint density at radius 2 is 2.19 bits per heavy atom. The van der Waals surface area contributed by atoms with Gasteiger partial charge in [-0.05, 0) is 63.7 Å². The summed E-state index contributed by atoms with van der Waals surface area (Å²) in [5.41, 5.74) is 1.06. The van der Waals surface area contributed by atoms with E-state index in [1.807, 2.05) is 16.7 Å². The van der Waals surface area contributed by atoms with E-state index in [1.165, 1.54) is 10.4 Å². The van der Waals surface area contributed by atoms with Gasteiger partial charge in [-0.1, -0.05) is 0 Å². The number of ether oxygens (including phenoxy) is 1. The molecule has 6 nitrogen and oxygen atoms in total. The molecule has 0 aromatic carbocycles. The summed E-state index contributed by atoms with van der Waals surface area (Å²) in [6.07, 6.45) is 4.85. The highest BCUT2D eigenvalue weighted by atomic mass is 32.1. The second kappa shape index (κ2) is 6.57. The zero-order valence-corrected chi connectivity index (χ0v) is 16.6. The van der Waals surface area contributed by atoms with Crippen molar-refractivity contribution in [1.29, 1.82) is 0 Å². The predicted molar refractivity (Wildman–Crippen MR) is 103 cm³/mol. The summed E-state index contributed by atoms with van der Waals surface area (Å²) in [4.78, 5) is 31.8. The molecule has 5 heterocycles. The van der Waals surface area contributed by atoms with Crippen molar-refractivity contribution in [3.8, 4) is 0 Å². The number of amides is 2. The fraction of sp³-hybridized carbons (Fsp3) is 0.700. The van der Waals surface area contributed by atoms with Crippen LogP contribution < -0.4 is 5.32 Å². The Morgan fingerprint density at radius 3 is 3.00 bits per heavy atom. The van der Waals surface area contributed by atoms with Crippen molar-refractivity contribution in [3.63, 3.8) is 0 Å². The molecule has 0 aliphatic carbocycles. The lowest BCUT2D eigenvalue weighted by Gasteiger charge is -2.41. The first-order valence-electron chi connectivity index (χ1n) is 10.2. The van der Waals surface area contributed by atoms with Crippen molar-refractivity contribution in [2.24, 2.45) is 0 Å². The molecule has 1 spiro atoms. The monoisotopic (exact) mass is 389 g/mol. The molecule has 0 bridgehead atoms. The van der Waals surface area contributed by atoms with Gasteiger partial charge in [0.05, 0.1) is 11.5 Å². The van der Waals surface area contributed by atoms with Crippen LogP contribution in [0.4, 0.5) is 0 Å². The number of carbonyl (C=O) groups excluding carboxylic acids is 2. The maximum atomic E-state index is 13.3. The maximum absolute atomic E-state index is 13.3.